The van der Waals surface area contributed by atoms with Crippen molar-refractivity contribution in [2.75, 3.05) is 53.6 Å². The predicted octanol–water partition coefficient (Wildman–Crippen LogP) is 1.93. The molecule has 0 saturated carbocycles. The number of ether oxygens (including phenoxy) is 3. The summed E-state index contributed by atoms with van der Waals surface area (Å²) in [5.41, 5.74) is 3.02. The Bertz CT molecular complexity index is 1100. The molecule has 1 fully saturated rings. The molecule has 0 atom stereocenters. The van der Waals surface area contributed by atoms with Crippen LogP contribution in [0.3, 0.4) is 0 Å². The highest BCUT2D eigenvalue weighted by atomic mass is 32.1. The van der Waals surface area contributed by atoms with Crippen LogP contribution in [0.15, 0.2) is 64.0 Å². The highest BCUT2D eigenvalue weighted by molar-refractivity contribution is 7.07. The number of methoxy groups -OCH3 is 2. The van der Waals surface area contributed by atoms with Gasteiger partial charge in [-0.3, -0.25) is 4.99 Å². The molecule has 32 heavy (non-hydrogen) atoms. The molecule has 0 amide bonds. The van der Waals surface area contributed by atoms with E-state index in [2.05, 4.69) is 5.38 Å². The standard InChI is InChI=1S/C24H28N4O3S/c1-29-21-8-6-20(7-9-21)23-18-32-24(25-10-11-27-12-14-31-15-13-27)28(23)26-17-19-4-3-5-22(16-19)30-2/h3-9,16-18H,10-15H2,1-2H3/p+1/b25-24?,26-17-. The lowest BCUT2D eigenvalue weighted by Gasteiger charge is -2.22. The van der Waals surface area contributed by atoms with Crippen molar-refractivity contribution >= 4 is 17.6 Å². The number of nitrogens with one attached hydrogen (secondary N) is 1. The molecule has 2 heterocycles. The summed E-state index contributed by atoms with van der Waals surface area (Å²) in [5, 5.41) is 6.89. The third kappa shape index (κ3) is 5.64. The molecular weight excluding hydrogens is 424 g/mol. The van der Waals surface area contributed by atoms with E-state index in [9.17, 15) is 0 Å². The summed E-state index contributed by atoms with van der Waals surface area (Å²) >= 11 is 1.60. The topological polar surface area (TPSA) is 61.8 Å². The number of benzene rings is 2. The van der Waals surface area contributed by atoms with Gasteiger partial charge in [0.2, 0.25) is 4.80 Å². The van der Waals surface area contributed by atoms with Crippen molar-refractivity contribution in [1.29, 1.82) is 0 Å². The van der Waals surface area contributed by atoms with Gasteiger partial charge in [0, 0.05) is 10.9 Å². The first kappa shape index (κ1) is 22.3. The normalized spacial score (nSPS) is 15.4. The van der Waals surface area contributed by atoms with Gasteiger partial charge >= 0.3 is 0 Å². The van der Waals surface area contributed by atoms with E-state index >= 15 is 0 Å². The molecule has 8 heteroatoms. The van der Waals surface area contributed by atoms with Crippen molar-refractivity contribution in [1.82, 2.24) is 4.68 Å². The third-order valence-corrected chi connectivity index (χ3v) is 6.25. The van der Waals surface area contributed by atoms with Gasteiger partial charge in [0.25, 0.3) is 0 Å². The van der Waals surface area contributed by atoms with Crippen molar-refractivity contribution in [3.63, 3.8) is 0 Å². The van der Waals surface area contributed by atoms with E-state index in [4.69, 9.17) is 24.3 Å². The lowest BCUT2D eigenvalue weighted by atomic mass is 10.2. The van der Waals surface area contributed by atoms with E-state index < -0.39 is 0 Å². The molecule has 1 aliphatic rings. The van der Waals surface area contributed by atoms with Gasteiger partial charge in [0.1, 0.15) is 24.6 Å². The van der Waals surface area contributed by atoms with Crippen LogP contribution in [0, 0.1) is 0 Å². The molecule has 1 aromatic heterocycles. The minimum atomic E-state index is 0.757. The SMILES string of the molecule is COc1ccc(-c2csc(=NCC[NH+]3CCOCC3)n2/N=C\c2cccc(OC)c2)cc1. The Labute approximate surface area is 192 Å². The van der Waals surface area contributed by atoms with Gasteiger partial charge in [-0.05, 0) is 42.0 Å². The Balaban J connectivity index is 1.63. The zero-order valence-electron chi connectivity index (χ0n) is 18.5. The van der Waals surface area contributed by atoms with Crippen molar-refractivity contribution < 1.29 is 19.1 Å². The lowest BCUT2D eigenvalue weighted by Crippen LogP contribution is -3.14. The molecule has 168 valence electrons. The molecule has 4 rings (SSSR count). The van der Waals surface area contributed by atoms with Gasteiger partial charge in [-0.25, -0.2) is 4.68 Å². The van der Waals surface area contributed by atoms with Crippen LogP contribution in [0.25, 0.3) is 11.3 Å². The Morgan fingerprint density at radius 3 is 2.59 bits per heavy atom. The van der Waals surface area contributed by atoms with E-state index in [1.165, 1.54) is 0 Å². The summed E-state index contributed by atoms with van der Waals surface area (Å²) in [4.78, 5) is 7.30. The van der Waals surface area contributed by atoms with Gasteiger partial charge in [-0.15, -0.1) is 11.3 Å². The molecule has 7 nitrogen and oxygen atoms in total. The zero-order valence-corrected chi connectivity index (χ0v) is 19.3. The maximum atomic E-state index is 5.45. The first-order chi connectivity index (χ1) is 15.8. The van der Waals surface area contributed by atoms with E-state index in [0.717, 1.165) is 72.5 Å². The first-order valence-corrected chi connectivity index (χ1v) is 11.6. The monoisotopic (exact) mass is 453 g/mol. The fraction of sp³-hybridized carbons (Fsp3) is 0.333. The summed E-state index contributed by atoms with van der Waals surface area (Å²) in [6.07, 6.45) is 1.84. The summed E-state index contributed by atoms with van der Waals surface area (Å²) in [7, 11) is 3.34. The Kier molecular flexibility index (Phi) is 7.71. The quantitative estimate of drug-likeness (QED) is 0.530. The second-order valence-corrected chi connectivity index (χ2v) is 8.30. The van der Waals surface area contributed by atoms with Crippen molar-refractivity contribution in [2.45, 2.75) is 0 Å². The van der Waals surface area contributed by atoms with Crippen molar-refractivity contribution in [3.8, 4) is 22.8 Å². The number of aromatic nitrogens is 1. The van der Waals surface area contributed by atoms with Crippen LogP contribution < -0.4 is 19.2 Å². The van der Waals surface area contributed by atoms with Gasteiger partial charge in [0.15, 0.2) is 0 Å². The minimum absolute atomic E-state index is 0.757. The summed E-state index contributed by atoms with van der Waals surface area (Å²) < 4.78 is 18.0. The van der Waals surface area contributed by atoms with Crippen LogP contribution >= 0.6 is 11.3 Å². The van der Waals surface area contributed by atoms with Gasteiger partial charge in [0.05, 0.1) is 52.4 Å². The maximum absolute atomic E-state index is 5.45. The average molecular weight is 454 g/mol. The summed E-state index contributed by atoms with van der Waals surface area (Å²) in [5.74, 6) is 1.63. The maximum Gasteiger partial charge on any atom is 0.206 e. The molecule has 0 bridgehead atoms. The second-order valence-electron chi connectivity index (χ2n) is 7.46. The van der Waals surface area contributed by atoms with Crippen LogP contribution in [0.5, 0.6) is 11.5 Å². The third-order valence-electron chi connectivity index (χ3n) is 5.40. The van der Waals surface area contributed by atoms with E-state index in [0.29, 0.717) is 0 Å². The highest BCUT2D eigenvalue weighted by Crippen LogP contribution is 2.23. The average Bonchev–Trinajstić information content (AvgIpc) is 3.26. The number of quaternary nitrogens is 1. The molecule has 0 unspecified atom stereocenters. The number of thiazole rings is 1. The molecular formula is C24H29N4O3S+. The van der Waals surface area contributed by atoms with E-state index in [1.54, 1.807) is 30.5 Å². The van der Waals surface area contributed by atoms with Crippen LogP contribution in [-0.2, 0) is 4.74 Å². The number of rotatable bonds is 8. The largest absolute Gasteiger partial charge is 0.497 e. The number of nitrogens with zero attached hydrogens (tertiary/aromatic N) is 3. The lowest BCUT2D eigenvalue weighted by molar-refractivity contribution is -0.906. The number of hydrogen-bond acceptors (Lipinski definition) is 6. The number of morpholine rings is 1. The molecule has 1 aliphatic heterocycles. The van der Waals surface area contributed by atoms with Gasteiger partial charge in [-0.2, -0.15) is 5.10 Å². The smallest absolute Gasteiger partial charge is 0.206 e. The van der Waals surface area contributed by atoms with E-state index in [1.807, 2.05) is 59.4 Å². The van der Waals surface area contributed by atoms with E-state index in [-0.39, 0.29) is 0 Å². The fourth-order valence-electron chi connectivity index (χ4n) is 3.55. The summed E-state index contributed by atoms with van der Waals surface area (Å²) in [6.45, 7) is 5.52. The second kappa shape index (κ2) is 11.1. The molecule has 3 aromatic rings. The molecule has 0 radical (unpaired) electrons. The van der Waals surface area contributed by atoms with Gasteiger partial charge in [-0.1, -0.05) is 12.1 Å². The molecule has 0 spiro atoms. The summed E-state index contributed by atoms with van der Waals surface area (Å²) in [6, 6.07) is 15.8. The van der Waals surface area contributed by atoms with Gasteiger partial charge < -0.3 is 19.1 Å². The van der Waals surface area contributed by atoms with Crippen LogP contribution in [0.2, 0.25) is 0 Å². The zero-order chi connectivity index (χ0) is 22.2. The number of hydrogen-bond donors (Lipinski definition) is 1. The van der Waals surface area contributed by atoms with Crippen LogP contribution in [0.4, 0.5) is 0 Å². The molecule has 1 saturated heterocycles. The molecule has 2 aromatic carbocycles. The molecule has 1 N–H and O–H groups in total. The predicted molar refractivity (Wildman–Crippen MR) is 127 cm³/mol. The Morgan fingerprint density at radius 1 is 1.06 bits per heavy atom. The highest BCUT2D eigenvalue weighted by Gasteiger charge is 2.13. The van der Waals surface area contributed by atoms with Crippen molar-refractivity contribution in [2.24, 2.45) is 10.1 Å². The van der Waals surface area contributed by atoms with Crippen LogP contribution in [0.1, 0.15) is 5.56 Å². The fourth-order valence-corrected chi connectivity index (χ4v) is 4.41. The van der Waals surface area contributed by atoms with Crippen molar-refractivity contribution in [3.05, 3.63) is 64.3 Å². The first-order valence-electron chi connectivity index (χ1n) is 10.7. The Morgan fingerprint density at radius 2 is 1.84 bits per heavy atom. The minimum Gasteiger partial charge on any atom is -0.497 e. The molecule has 0 aliphatic carbocycles. The van der Waals surface area contributed by atoms with Crippen LogP contribution in [-0.4, -0.2) is 64.5 Å². The Hall–Kier alpha value is -2.94.